The van der Waals surface area contributed by atoms with Crippen LogP contribution in [0.4, 0.5) is 0 Å². The topological polar surface area (TPSA) is 56.5 Å². The molecule has 1 aliphatic carbocycles. The molecule has 0 aliphatic heterocycles. The van der Waals surface area contributed by atoms with Crippen molar-refractivity contribution in [3.8, 4) is 5.75 Å². The minimum Gasteiger partial charge on any atom is -0.497 e. The zero-order valence-electron chi connectivity index (χ0n) is 11.8. The first kappa shape index (κ1) is 14.3. The predicted octanol–water partition coefficient (Wildman–Crippen LogP) is 2.40. The fourth-order valence-corrected chi connectivity index (χ4v) is 2.71. The number of nitrogens with two attached hydrogens (primary N) is 1. The lowest BCUT2D eigenvalue weighted by atomic mass is 9.77. The summed E-state index contributed by atoms with van der Waals surface area (Å²) in [6, 6.07) is 8.30. The third-order valence-corrected chi connectivity index (χ3v) is 3.88. The van der Waals surface area contributed by atoms with Crippen molar-refractivity contribution in [2.24, 2.45) is 11.8 Å². The number of rotatable bonds is 7. The number of benzene rings is 1. The number of ether oxygens (including phenoxy) is 2. The molecule has 0 heterocycles. The van der Waals surface area contributed by atoms with E-state index in [9.17, 15) is 0 Å². The molecular weight excluding hydrogens is 240 g/mol. The third-order valence-electron chi connectivity index (χ3n) is 3.88. The van der Waals surface area contributed by atoms with Crippen LogP contribution in [0.2, 0.25) is 0 Å². The minimum atomic E-state index is 0.207. The molecule has 1 aromatic carbocycles. The second kappa shape index (κ2) is 6.89. The number of hydrogen-bond acceptors (Lipinski definition) is 4. The normalized spacial score (nSPS) is 23.7. The van der Waals surface area contributed by atoms with Crippen LogP contribution in [0.25, 0.3) is 0 Å². The highest BCUT2D eigenvalue weighted by molar-refractivity contribution is 5.29. The van der Waals surface area contributed by atoms with Gasteiger partial charge in [0.2, 0.25) is 0 Å². The van der Waals surface area contributed by atoms with Gasteiger partial charge in [0.25, 0.3) is 0 Å². The summed E-state index contributed by atoms with van der Waals surface area (Å²) in [5.41, 5.74) is 4.13. The van der Waals surface area contributed by atoms with Gasteiger partial charge in [0.1, 0.15) is 5.75 Å². The largest absolute Gasteiger partial charge is 0.497 e. The van der Waals surface area contributed by atoms with E-state index in [2.05, 4.69) is 24.5 Å². The van der Waals surface area contributed by atoms with Gasteiger partial charge in [0.15, 0.2) is 0 Å². The van der Waals surface area contributed by atoms with Crippen molar-refractivity contribution in [2.75, 3.05) is 13.7 Å². The van der Waals surface area contributed by atoms with Crippen LogP contribution in [0, 0.1) is 5.92 Å². The van der Waals surface area contributed by atoms with Gasteiger partial charge in [-0.1, -0.05) is 12.1 Å². The summed E-state index contributed by atoms with van der Waals surface area (Å²) in [6.45, 7) is 2.86. The molecule has 1 saturated carbocycles. The maximum atomic E-state index is 5.68. The summed E-state index contributed by atoms with van der Waals surface area (Å²) in [5, 5.41) is 0. The van der Waals surface area contributed by atoms with Crippen LogP contribution in [-0.4, -0.2) is 19.8 Å². The van der Waals surface area contributed by atoms with E-state index >= 15 is 0 Å². The van der Waals surface area contributed by atoms with Crippen molar-refractivity contribution in [3.63, 3.8) is 0 Å². The highest BCUT2D eigenvalue weighted by atomic mass is 16.5. The summed E-state index contributed by atoms with van der Waals surface area (Å²) in [7, 11) is 1.68. The van der Waals surface area contributed by atoms with Crippen molar-refractivity contribution in [2.45, 2.75) is 38.3 Å². The smallest absolute Gasteiger partial charge is 0.118 e. The molecule has 3 N–H and O–H groups in total. The van der Waals surface area contributed by atoms with E-state index in [0.717, 1.165) is 31.6 Å². The molecule has 1 aromatic rings. The van der Waals surface area contributed by atoms with E-state index < -0.39 is 0 Å². The van der Waals surface area contributed by atoms with Crippen LogP contribution in [0.5, 0.6) is 5.75 Å². The molecule has 0 radical (unpaired) electrons. The summed E-state index contributed by atoms with van der Waals surface area (Å²) < 4.78 is 10.8. The lowest BCUT2D eigenvalue weighted by Gasteiger charge is -2.37. The number of hydrogen-bond donors (Lipinski definition) is 2. The van der Waals surface area contributed by atoms with Crippen LogP contribution < -0.4 is 16.0 Å². The first-order chi connectivity index (χ1) is 9.26. The Morgan fingerprint density at radius 3 is 2.53 bits per heavy atom. The molecule has 0 saturated heterocycles. The molecule has 0 spiro atoms. The Bertz CT molecular complexity index is 374. The fourth-order valence-electron chi connectivity index (χ4n) is 2.71. The van der Waals surface area contributed by atoms with E-state index in [0.29, 0.717) is 12.0 Å². The minimum absolute atomic E-state index is 0.207. The van der Waals surface area contributed by atoms with E-state index in [1.165, 1.54) is 5.56 Å². The molecule has 0 bridgehead atoms. The molecule has 0 amide bonds. The SMILES string of the molecule is CCOC1CC(CC(NN)c2ccc(OC)cc2)C1. The summed E-state index contributed by atoms with van der Waals surface area (Å²) in [6.07, 6.45) is 3.83. The Morgan fingerprint density at radius 2 is 2.00 bits per heavy atom. The highest BCUT2D eigenvalue weighted by Gasteiger charge is 2.31. The van der Waals surface area contributed by atoms with Gasteiger partial charge in [-0.3, -0.25) is 11.3 Å². The molecule has 4 nitrogen and oxygen atoms in total. The summed E-state index contributed by atoms with van der Waals surface area (Å²) in [4.78, 5) is 0. The second-order valence-electron chi connectivity index (χ2n) is 5.14. The van der Waals surface area contributed by atoms with Gasteiger partial charge in [-0.25, -0.2) is 0 Å². The second-order valence-corrected chi connectivity index (χ2v) is 5.14. The maximum absolute atomic E-state index is 5.68. The van der Waals surface area contributed by atoms with Gasteiger partial charge in [0, 0.05) is 12.6 Å². The Morgan fingerprint density at radius 1 is 1.32 bits per heavy atom. The molecule has 4 heteroatoms. The highest BCUT2D eigenvalue weighted by Crippen LogP contribution is 2.36. The lowest BCUT2D eigenvalue weighted by Crippen LogP contribution is -2.36. The molecule has 106 valence electrons. The number of methoxy groups -OCH3 is 1. The monoisotopic (exact) mass is 264 g/mol. The van der Waals surface area contributed by atoms with Crippen LogP contribution in [0.15, 0.2) is 24.3 Å². The Labute approximate surface area is 115 Å². The summed E-state index contributed by atoms with van der Waals surface area (Å²) >= 11 is 0. The predicted molar refractivity (Wildman–Crippen MR) is 75.8 cm³/mol. The van der Waals surface area contributed by atoms with E-state index in [1.807, 2.05) is 12.1 Å². The summed E-state index contributed by atoms with van der Waals surface area (Å²) in [5.74, 6) is 7.27. The van der Waals surface area contributed by atoms with Gasteiger partial charge >= 0.3 is 0 Å². The fraction of sp³-hybridized carbons (Fsp3) is 0.600. The quantitative estimate of drug-likeness (QED) is 0.586. The van der Waals surface area contributed by atoms with Gasteiger partial charge in [0.05, 0.1) is 13.2 Å². The Hall–Kier alpha value is -1.10. The molecule has 1 atom stereocenters. The molecule has 19 heavy (non-hydrogen) atoms. The first-order valence-corrected chi connectivity index (χ1v) is 6.98. The van der Waals surface area contributed by atoms with E-state index in [1.54, 1.807) is 7.11 Å². The standard InChI is InChI=1S/C15H24N2O2/c1-3-19-14-8-11(9-14)10-15(17-16)12-4-6-13(18-2)7-5-12/h4-7,11,14-15,17H,3,8-10,16H2,1-2H3. The van der Waals surface area contributed by atoms with Crippen LogP contribution in [0.1, 0.15) is 37.8 Å². The zero-order chi connectivity index (χ0) is 13.7. The van der Waals surface area contributed by atoms with Crippen molar-refractivity contribution in [1.29, 1.82) is 0 Å². The van der Waals surface area contributed by atoms with Crippen molar-refractivity contribution in [1.82, 2.24) is 5.43 Å². The van der Waals surface area contributed by atoms with Crippen molar-refractivity contribution in [3.05, 3.63) is 29.8 Å². The number of nitrogens with one attached hydrogen (secondary N) is 1. The van der Waals surface area contributed by atoms with Crippen molar-refractivity contribution >= 4 is 0 Å². The Kier molecular flexibility index (Phi) is 5.19. The van der Waals surface area contributed by atoms with Crippen LogP contribution in [-0.2, 0) is 4.74 Å². The number of hydrazine groups is 1. The van der Waals surface area contributed by atoms with Gasteiger partial charge in [-0.15, -0.1) is 0 Å². The van der Waals surface area contributed by atoms with E-state index in [-0.39, 0.29) is 6.04 Å². The molecular formula is C15H24N2O2. The first-order valence-electron chi connectivity index (χ1n) is 6.98. The van der Waals surface area contributed by atoms with Gasteiger partial charge < -0.3 is 9.47 Å². The van der Waals surface area contributed by atoms with Gasteiger partial charge in [-0.2, -0.15) is 0 Å². The average Bonchev–Trinajstić information content (AvgIpc) is 2.41. The molecule has 1 fully saturated rings. The zero-order valence-corrected chi connectivity index (χ0v) is 11.8. The maximum Gasteiger partial charge on any atom is 0.118 e. The lowest BCUT2D eigenvalue weighted by molar-refractivity contribution is -0.0291. The average molecular weight is 264 g/mol. The molecule has 0 aromatic heterocycles. The molecule has 1 unspecified atom stereocenters. The van der Waals surface area contributed by atoms with Crippen molar-refractivity contribution < 1.29 is 9.47 Å². The third kappa shape index (κ3) is 3.69. The van der Waals surface area contributed by atoms with E-state index in [4.69, 9.17) is 15.3 Å². The molecule has 2 rings (SSSR count). The van der Waals surface area contributed by atoms with Crippen LogP contribution in [0.3, 0.4) is 0 Å². The van der Waals surface area contributed by atoms with Crippen LogP contribution >= 0.6 is 0 Å². The molecule has 1 aliphatic rings. The van der Waals surface area contributed by atoms with Gasteiger partial charge in [-0.05, 0) is 49.8 Å². The Balaban J connectivity index is 1.86.